The molecule has 1 atom stereocenters. The first kappa shape index (κ1) is 18.0. The molecule has 2 aliphatic carbocycles. The van der Waals surface area contributed by atoms with E-state index in [4.69, 9.17) is 19.4 Å². The van der Waals surface area contributed by atoms with E-state index in [2.05, 4.69) is 24.8 Å². The zero-order valence-corrected chi connectivity index (χ0v) is 17.0. The summed E-state index contributed by atoms with van der Waals surface area (Å²) >= 11 is 0. The second kappa shape index (κ2) is 7.16. The van der Waals surface area contributed by atoms with Crippen LogP contribution in [0.3, 0.4) is 0 Å². The SMILES string of the molecule is COc1ncnc(C2CC2)c1-c1nc(NC2CC2)c2c(ncn2C2CCCCO2)n1. The maximum atomic E-state index is 6.02. The van der Waals surface area contributed by atoms with Gasteiger partial charge < -0.3 is 14.8 Å². The van der Waals surface area contributed by atoms with Crippen molar-refractivity contribution in [3.05, 3.63) is 18.3 Å². The van der Waals surface area contributed by atoms with Gasteiger partial charge >= 0.3 is 0 Å². The summed E-state index contributed by atoms with van der Waals surface area (Å²) in [7, 11) is 1.62. The summed E-state index contributed by atoms with van der Waals surface area (Å²) in [5.74, 6) is 2.31. The van der Waals surface area contributed by atoms with Crippen molar-refractivity contribution in [2.45, 2.75) is 63.1 Å². The first-order valence-corrected chi connectivity index (χ1v) is 10.8. The van der Waals surface area contributed by atoms with Gasteiger partial charge in [0, 0.05) is 18.6 Å². The van der Waals surface area contributed by atoms with E-state index in [0.717, 1.165) is 74.1 Å². The van der Waals surface area contributed by atoms with Gasteiger partial charge in [0.1, 0.15) is 23.6 Å². The number of nitrogens with zero attached hydrogens (tertiary/aromatic N) is 6. The number of rotatable bonds is 6. The fraction of sp³-hybridized carbons (Fsp3) is 0.571. The van der Waals surface area contributed by atoms with Crippen LogP contribution in [0, 0.1) is 0 Å². The normalized spacial score (nSPS) is 21.7. The summed E-state index contributed by atoms with van der Waals surface area (Å²) in [6.07, 6.45) is 11.2. The maximum Gasteiger partial charge on any atom is 0.227 e. The largest absolute Gasteiger partial charge is 0.480 e. The Labute approximate surface area is 174 Å². The van der Waals surface area contributed by atoms with Gasteiger partial charge in [0.15, 0.2) is 17.3 Å². The zero-order valence-electron chi connectivity index (χ0n) is 17.0. The molecule has 9 heteroatoms. The highest BCUT2D eigenvalue weighted by molar-refractivity contribution is 5.86. The number of hydrogen-bond donors (Lipinski definition) is 1. The lowest BCUT2D eigenvalue weighted by Gasteiger charge is -2.24. The van der Waals surface area contributed by atoms with Crippen LogP contribution in [0.15, 0.2) is 12.7 Å². The molecule has 1 saturated heterocycles. The van der Waals surface area contributed by atoms with Crippen LogP contribution >= 0.6 is 0 Å². The molecule has 1 unspecified atom stereocenters. The van der Waals surface area contributed by atoms with Crippen LogP contribution in [0.5, 0.6) is 5.88 Å². The lowest BCUT2D eigenvalue weighted by atomic mass is 10.1. The molecule has 0 bridgehead atoms. The van der Waals surface area contributed by atoms with E-state index >= 15 is 0 Å². The minimum Gasteiger partial charge on any atom is -0.480 e. The number of anilines is 1. The molecule has 1 aliphatic heterocycles. The third-order valence-corrected chi connectivity index (χ3v) is 6.04. The minimum atomic E-state index is -0.0189. The van der Waals surface area contributed by atoms with E-state index in [9.17, 15) is 0 Å². The average molecular weight is 407 g/mol. The molecule has 3 aromatic rings. The van der Waals surface area contributed by atoms with Crippen LogP contribution < -0.4 is 10.1 Å². The number of imidazole rings is 1. The average Bonchev–Trinajstić information content (AvgIpc) is 3.72. The summed E-state index contributed by atoms with van der Waals surface area (Å²) in [4.78, 5) is 23.3. The number of hydrogen-bond acceptors (Lipinski definition) is 8. The van der Waals surface area contributed by atoms with Crippen LogP contribution in [0.4, 0.5) is 5.82 Å². The summed E-state index contributed by atoms with van der Waals surface area (Å²) in [5, 5.41) is 3.59. The van der Waals surface area contributed by atoms with Crippen molar-refractivity contribution in [1.29, 1.82) is 0 Å². The molecule has 156 valence electrons. The van der Waals surface area contributed by atoms with Gasteiger partial charge in [-0.05, 0) is 44.9 Å². The van der Waals surface area contributed by atoms with Gasteiger partial charge in [-0.25, -0.2) is 24.9 Å². The van der Waals surface area contributed by atoms with Crippen molar-refractivity contribution < 1.29 is 9.47 Å². The lowest BCUT2D eigenvalue weighted by molar-refractivity contribution is -0.0294. The molecule has 3 aliphatic rings. The third-order valence-electron chi connectivity index (χ3n) is 6.04. The number of aromatic nitrogens is 6. The first-order valence-electron chi connectivity index (χ1n) is 10.8. The molecule has 3 aromatic heterocycles. The smallest absolute Gasteiger partial charge is 0.227 e. The van der Waals surface area contributed by atoms with E-state index in [-0.39, 0.29) is 6.23 Å². The van der Waals surface area contributed by atoms with Gasteiger partial charge in [-0.15, -0.1) is 0 Å². The molecule has 0 radical (unpaired) electrons. The second-order valence-corrected chi connectivity index (χ2v) is 8.38. The highest BCUT2D eigenvalue weighted by atomic mass is 16.5. The highest BCUT2D eigenvalue weighted by Gasteiger charge is 2.33. The Kier molecular flexibility index (Phi) is 4.29. The first-order chi connectivity index (χ1) is 14.8. The summed E-state index contributed by atoms with van der Waals surface area (Å²) < 4.78 is 13.7. The van der Waals surface area contributed by atoms with Crippen molar-refractivity contribution in [3.8, 4) is 17.3 Å². The molecule has 0 spiro atoms. The Hall–Kier alpha value is -2.81. The van der Waals surface area contributed by atoms with E-state index in [0.29, 0.717) is 29.3 Å². The van der Waals surface area contributed by atoms with Crippen LogP contribution in [-0.4, -0.2) is 49.2 Å². The number of ether oxygens (including phenoxy) is 2. The van der Waals surface area contributed by atoms with Crippen molar-refractivity contribution in [2.75, 3.05) is 19.0 Å². The van der Waals surface area contributed by atoms with Crippen LogP contribution in [0.2, 0.25) is 0 Å². The molecule has 1 N–H and O–H groups in total. The topological polar surface area (TPSA) is 99.9 Å². The molecule has 9 nitrogen and oxygen atoms in total. The van der Waals surface area contributed by atoms with Gasteiger partial charge in [-0.3, -0.25) is 4.57 Å². The Bertz CT molecular complexity index is 1080. The van der Waals surface area contributed by atoms with Crippen molar-refractivity contribution in [3.63, 3.8) is 0 Å². The number of nitrogens with one attached hydrogen (secondary N) is 1. The third kappa shape index (κ3) is 3.17. The van der Waals surface area contributed by atoms with Crippen molar-refractivity contribution in [2.24, 2.45) is 0 Å². The molecule has 0 aromatic carbocycles. The van der Waals surface area contributed by atoms with Crippen LogP contribution in [0.25, 0.3) is 22.6 Å². The van der Waals surface area contributed by atoms with Crippen LogP contribution in [-0.2, 0) is 4.74 Å². The summed E-state index contributed by atoms with van der Waals surface area (Å²) in [6, 6.07) is 0.448. The fourth-order valence-electron chi connectivity index (χ4n) is 4.15. The molecule has 3 fully saturated rings. The molecule has 2 saturated carbocycles. The quantitative estimate of drug-likeness (QED) is 0.663. The predicted octanol–water partition coefficient (Wildman–Crippen LogP) is 3.44. The predicted molar refractivity (Wildman–Crippen MR) is 110 cm³/mol. The van der Waals surface area contributed by atoms with Crippen LogP contribution in [0.1, 0.15) is 62.8 Å². The second-order valence-electron chi connectivity index (χ2n) is 8.38. The highest BCUT2D eigenvalue weighted by Crippen LogP contribution is 2.45. The summed E-state index contributed by atoms with van der Waals surface area (Å²) in [6.45, 7) is 0.776. The van der Waals surface area contributed by atoms with Crippen molar-refractivity contribution >= 4 is 17.0 Å². The van der Waals surface area contributed by atoms with E-state index in [1.807, 2.05) is 6.33 Å². The van der Waals surface area contributed by atoms with Gasteiger partial charge in [-0.2, -0.15) is 0 Å². The van der Waals surface area contributed by atoms with E-state index in [1.54, 1.807) is 13.4 Å². The molecule has 30 heavy (non-hydrogen) atoms. The summed E-state index contributed by atoms with van der Waals surface area (Å²) in [5.41, 5.74) is 3.31. The molecule has 0 amide bonds. The molecular formula is C21H25N7O2. The fourth-order valence-corrected chi connectivity index (χ4v) is 4.15. The van der Waals surface area contributed by atoms with Gasteiger partial charge in [0.2, 0.25) is 5.88 Å². The van der Waals surface area contributed by atoms with Gasteiger partial charge in [-0.1, -0.05) is 0 Å². The monoisotopic (exact) mass is 407 g/mol. The Morgan fingerprint density at radius 1 is 1.07 bits per heavy atom. The lowest BCUT2D eigenvalue weighted by Crippen LogP contribution is -2.18. The Morgan fingerprint density at radius 3 is 2.70 bits per heavy atom. The maximum absolute atomic E-state index is 6.02. The molecule has 4 heterocycles. The van der Waals surface area contributed by atoms with Gasteiger partial charge in [0.05, 0.1) is 19.1 Å². The standard InChI is InChI=1S/C21H25N7O2/c1-29-21-15(16(12-5-6-12)22-10-23-21)18-26-19-17(20(27-18)25-13-7-8-13)28(11-24-19)14-4-2-3-9-30-14/h10-14H,2-9H2,1H3,(H,25,26,27). The molecule has 6 rings (SSSR count). The minimum absolute atomic E-state index is 0.0189. The Morgan fingerprint density at radius 2 is 1.97 bits per heavy atom. The molecular weight excluding hydrogens is 382 g/mol. The van der Waals surface area contributed by atoms with Crippen molar-refractivity contribution in [1.82, 2.24) is 29.5 Å². The number of fused-ring (bicyclic) bond motifs is 1. The van der Waals surface area contributed by atoms with E-state index in [1.165, 1.54) is 0 Å². The van der Waals surface area contributed by atoms with Gasteiger partial charge in [0.25, 0.3) is 0 Å². The Balaban J connectivity index is 1.52. The number of methoxy groups -OCH3 is 1. The zero-order chi connectivity index (χ0) is 20.1. The van der Waals surface area contributed by atoms with E-state index < -0.39 is 0 Å².